The van der Waals surface area contributed by atoms with Crippen LogP contribution in [0.3, 0.4) is 0 Å². The number of aryl methyl sites for hydroxylation is 1. The molecule has 0 amide bonds. The topological polar surface area (TPSA) is 25.8 Å². The first-order valence-electron chi connectivity index (χ1n) is 5.73. The molecule has 1 aromatic heterocycles. The zero-order valence-electron chi connectivity index (χ0n) is 9.17. The summed E-state index contributed by atoms with van der Waals surface area (Å²) in [6, 6.07) is 0. The van der Waals surface area contributed by atoms with Crippen LogP contribution in [0.25, 0.3) is 0 Å². The number of rotatable bonds is 2. The molecule has 0 aliphatic heterocycles. The van der Waals surface area contributed by atoms with Crippen LogP contribution in [0.15, 0.2) is 6.33 Å². The lowest BCUT2D eigenvalue weighted by molar-refractivity contribution is 0.707. The fourth-order valence-electron chi connectivity index (χ4n) is 2.21. The van der Waals surface area contributed by atoms with Crippen LogP contribution in [0.4, 0.5) is 0 Å². The second-order valence-corrected chi connectivity index (χ2v) is 5.85. The molecule has 1 unspecified atom stereocenters. The van der Waals surface area contributed by atoms with Gasteiger partial charge in [0.1, 0.15) is 6.33 Å². The van der Waals surface area contributed by atoms with E-state index in [0.29, 0.717) is 4.83 Å². The van der Waals surface area contributed by atoms with E-state index in [4.69, 9.17) is 0 Å². The summed E-state index contributed by atoms with van der Waals surface area (Å²) in [5.74, 6) is 0. The molecule has 2 rings (SSSR count). The number of nitrogens with zero attached hydrogens (tertiary/aromatic N) is 2. The Bertz CT molecular complexity index is 336. The Balaban J connectivity index is 2.30. The summed E-state index contributed by atoms with van der Waals surface area (Å²) < 4.78 is 0. The van der Waals surface area contributed by atoms with Crippen molar-refractivity contribution < 1.29 is 0 Å². The van der Waals surface area contributed by atoms with Crippen molar-refractivity contribution in [1.29, 1.82) is 0 Å². The molecular weight excluding hydrogens is 252 g/mol. The predicted octanol–water partition coefficient (Wildman–Crippen LogP) is 3.07. The van der Waals surface area contributed by atoms with E-state index in [1.807, 2.05) is 0 Å². The first-order valence-corrected chi connectivity index (χ1v) is 6.64. The van der Waals surface area contributed by atoms with Crippen LogP contribution in [0.2, 0.25) is 0 Å². The van der Waals surface area contributed by atoms with Crippen molar-refractivity contribution >= 4 is 15.9 Å². The average molecular weight is 269 g/mol. The van der Waals surface area contributed by atoms with Gasteiger partial charge in [0.2, 0.25) is 0 Å². The van der Waals surface area contributed by atoms with E-state index in [-0.39, 0.29) is 0 Å². The Hall–Kier alpha value is -0.440. The molecule has 2 nitrogen and oxygen atoms in total. The molecule has 0 spiro atoms. The number of hydrogen-bond acceptors (Lipinski definition) is 2. The maximum atomic E-state index is 4.43. The summed E-state index contributed by atoms with van der Waals surface area (Å²) in [6.45, 7) is 2.17. The molecular formula is C12H17BrN2. The lowest BCUT2D eigenvalue weighted by Gasteiger charge is -2.11. The van der Waals surface area contributed by atoms with Crippen LogP contribution < -0.4 is 0 Å². The smallest absolute Gasteiger partial charge is 0.115 e. The predicted molar refractivity (Wildman–Crippen MR) is 65.4 cm³/mol. The van der Waals surface area contributed by atoms with Gasteiger partial charge in [-0.25, -0.2) is 9.97 Å². The molecule has 0 radical (unpaired) electrons. The molecule has 0 N–H and O–H groups in total. The first-order chi connectivity index (χ1) is 7.27. The van der Waals surface area contributed by atoms with E-state index in [1.165, 1.54) is 42.6 Å². The maximum Gasteiger partial charge on any atom is 0.115 e. The van der Waals surface area contributed by atoms with E-state index in [1.54, 1.807) is 6.33 Å². The largest absolute Gasteiger partial charge is 0.241 e. The molecule has 82 valence electrons. The molecule has 0 saturated carbocycles. The zero-order valence-corrected chi connectivity index (χ0v) is 10.8. The third-order valence-corrected chi connectivity index (χ3v) is 3.26. The molecule has 1 aliphatic rings. The molecule has 0 aromatic carbocycles. The average Bonchev–Trinajstić information content (AvgIpc) is 2.42. The van der Waals surface area contributed by atoms with E-state index < -0.39 is 0 Å². The third kappa shape index (κ3) is 2.77. The Morgan fingerprint density at radius 1 is 1.27 bits per heavy atom. The fourth-order valence-corrected chi connectivity index (χ4v) is 2.51. The normalized spacial score (nSPS) is 18.0. The van der Waals surface area contributed by atoms with Gasteiger partial charge in [0, 0.05) is 22.6 Å². The van der Waals surface area contributed by atoms with Crippen LogP contribution in [0, 0.1) is 0 Å². The number of aromatic nitrogens is 2. The summed E-state index contributed by atoms with van der Waals surface area (Å²) in [5.41, 5.74) is 3.98. The summed E-state index contributed by atoms with van der Waals surface area (Å²) in [5, 5.41) is 0. The highest BCUT2D eigenvalue weighted by molar-refractivity contribution is 9.09. The Morgan fingerprint density at radius 2 is 2.07 bits per heavy atom. The minimum atomic E-state index is 0.500. The Kier molecular flexibility index (Phi) is 3.73. The second kappa shape index (κ2) is 5.06. The van der Waals surface area contributed by atoms with Gasteiger partial charge in [-0.15, -0.1) is 0 Å². The van der Waals surface area contributed by atoms with Crippen LogP contribution in [-0.4, -0.2) is 14.8 Å². The molecule has 0 fully saturated rings. The highest BCUT2D eigenvalue weighted by Crippen LogP contribution is 2.22. The van der Waals surface area contributed by atoms with E-state index in [0.717, 1.165) is 12.8 Å². The summed E-state index contributed by atoms with van der Waals surface area (Å²) >= 11 is 3.60. The van der Waals surface area contributed by atoms with Crippen LogP contribution in [0.5, 0.6) is 0 Å². The van der Waals surface area contributed by atoms with Crippen molar-refractivity contribution in [3.63, 3.8) is 0 Å². The van der Waals surface area contributed by atoms with Crippen molar-refractivity contribution in [3.05, 3.63) is 23.3 Å². The van der Waals surface area contributed by atoms with E-state index >= 15 is 0 Å². The van der Waals surface area contributed by atoms with Crippen LogP contribution >= 0.6 is 15.9 Å². The lowest BCUT2D eigenvalue weighted by atomic mass is 10.0. The molecule has 3 heteroatoms. The quantitative estimate of drug-likeness (QED) is 0.609. The number of halogens is 1. The summed E-state index contributed by atoms with van der Waals surface area (Å²) in [4.78, 5) is 9.35. The molecule has 1 aliphatic carbocycles. The SMILES string of the molecule is CC(Br)Cc1ncnc2c1CCCCC2. The van der Waals surface area contributed by atoms with Crippen molar-refractivity contribution in [3.8, 4) is 0 Å². The molecule has 1 heterocycles. The molecule has 15 heavy (non-hydrogen) atoms. The van der Waals surface area contributed by atoms with E-state index in [9.17, 15) is 0 Å². The van der Waals surface area contributed by atoms with Crippen molar-refractivity contribution in [1.82, 2.24) is 9.97 Å². The zero-order chi connectivity index (χ0) is 10.7. The highest BCUT2D eigenvalue weighted by Gasteiger charge is 2.14. The Morgan fingerprint density at radius 3 is 2.87 bits per heavy atom. The monoisotopic (exact) mass is 268 g/mol. The molecule has 0 bridgehead atoms. The minimum absolute atomic E-state index is 0.500. The lowest BCUT2D eigenvalue weighted by Crippen LogP contribution is -2.08. The van der Waals surface area contributed by atoms with Gasteiger partial charge in [-0.3, -0.25) is 0 Å². The second-order valence-electron chi connectivity index (χ2n) is 4.29. The first kappa shape index (κ1) is 11.1. The van der Waals surface area contributed by atoms with Crippen molar-refractivity contribution in [2.75, 3.05) is 0 Å². The molecule has 1 aromatic rings. The van der Waals surface area contributed by atoms with Crippen molar-refractivity contribution in [2.24, 2.45) is 0 Å². The van der Waals surface area contributed by atoms with Gasteiger partial charge in [0.05, 0.1) is 0 Å². The van der Waals surface area contributed by atoms with Crippen molar-refractivity contribution in [2.45, 2.75) is 50.3 Å². The van der Waals surface area contributed by atoms with Gasteiger partial charge in [0.15, 0.2) is 0 Å². The minimum Gasteiger partial charge on any atom is -0.241 e. The number of alkyl halides is 1. The third-order valence-electron chi connectivity index (χ3n) is 2.94. The molecule has 0 saturated heterocycles. The van der Waals surface area contributed by atoms with Gasteiger partial charge >= 0.3 is 0 Å². The van der Waals surface area contributed by atoms with Gasteiger partial charge in [-0.05, 0) is 31.2 Å². The highest BCUT2D eigenvalue weighted by atomic mass is 79.9. The van der Waals surface area contributed by atoms with E-state index in [2.05, 4.69) is 32.8 Å². The number of fused-ring (bicyclic) bond motifs is 1. The van der Waals surface area contributed by atoms with Gasteiger partial charge in [-0.2, -0.15) is 0 Å². The number of hydrogen-bond donors (Lipinski definition) is 0. The van der Waals surface area contributed by atoms with Gasteiger partial charge in [-0.1, -0.05) is 29.3 Å². The van der Waals surface area contributed by atoms with Crippen LogP contribution in [-0.2, 0) is 19.3 Å². The standard InChI is InChI=1S/C12H17BrN2/c1-9(13)7-12-10-5-3-2-4-6-11(10)14-8-15-12/h8-9H,2-7H2,1H3. The van der Waals surface area contributed by atoms with Gasteiger partial charge in [0.25, 0.3) is 0 Å². The Labute approximate surface area is 99.7 Å². The van der Waals surface area contributed by atoms with Crippen LogP contribution in [0.1, 0.15) is 43.1 Å². The summed E-state index contributed by atoms with van der Waals surface area (Å²) in [6.07, 6.45) is 8.98. The van der Waals surface area contributed by atoms with Gasteiger partial charge < -0.3 is 0 Å². The maximum absolute atomic E-state index is 4.43. The molecule has 1 atom stereocenters. The summed E-state index contributed by atoms with van der Waals surface area (Å²) in [7, 11) is 0. The fraction of sp³-hybridized carbons (Fsp3) is 0.667.